The van der Waals surface area contributed by atoms with Crippen molar-refractivity contribution in [2.75, 3.05) is 30.0 Å². The summed E-state index contributed by atoms with van der Waals surface area (Å²) in [6.07, 6.45) is 2.57. The molecule has 6 nitrogen and oxygen atoms in total. The molecule has 6 heteroatoms. The first-order chi connectivity index (χ1) is 14.1. The van der Waals surface area contributed by atoms with Crippen molar-refractivity contribution in [1.82, 2.24) is 0 Å². The summed E-state index contributed by atoms with van der Waals surface area (Å²) in [6, 6.07) is 16.0. The topological polar surface area (TPSA) is 85.6 Å². The lowest BCUT2D eigenvalue weighted by Gasteiger charge is -2.36. The molecule has 0 unspecified atom stereocenters. The number of aryl methyl sites for hydroxylation is 1. The first-order valence-electron chi connectivity index (χ1n) is 10.1. The van der Waals surface area contributed by atoms with Crippen LogP contribution in [0.5, 0.6) is 0 Å². The zero-order valence-corrected chi connectivity index (χ0v) is 16.7. The molecule has 0 amide bonds. The SMILES string of the molecule is CCN(c1ccc(CCC(=O)O)cc1Nc1ccc(C#N)cc1)C1CCOCC1. The molecule has 2 aromatic carbocycles. The van der Waals surface area contributed by atoms with E-state index in [0.29, 0.717) is 18.0 Å². The maximum atomic E-state index is 11.0. The minimum Gasteiger partial charge on any atom is -0.481 e. The Morgan fingerprint density at radius 1 is 1.24 bits per heavy atom. The Labute approximate surface area is 171 Å². The van der Waals surface area contributed by atoms with Gasteiger partial charge in [0.25, 0.3) is 0 Å². The zero-order valence-electron chi connectivity index (χ0n) is 16.7. The normalized spacial score (nSPS) is 14.2. The maximum Gasteiger partial charge on any atom is 0.303 e. The minimum atomic E-state index is -0.798. The maximum absolute atomic E-state index is 11.0. The van der Waals surface area contributed by atoms with Gasteiger partial charge in [-0.15, -0.1) is 0 Å². The molecule has 0 aliphatic carbocycles. The van der Waals surface area contributed by atoms with Crippen molar-refractivity contribution < 1.29 is 14.6 Å². The van der Waals surface area contributed by atoms with Crippen LogP contribution in [-0.4, -0.2) is 36.9 Å². The number of ether oxygens (including phenoxy) is 1. The van der Waals surface area contributed by atoms with Gasteiger partial charge < -0.3 is 20.1 Å². The van der Waals surface area contributed by atoms with Crippen molar-refractivity contribution in [1.29, 1.82) is 5.26 Å². The van der Waals surface area contributed by atoms with E-state index in [-0.39, 0.29) is 6.42 Å². The fourth-order valence-electron chi connectivity index (χ4n) is 3.75. The molecule has 1 fully saturated rings. The van der Waals surface area contributed by atoms with E-state index in [1.54, 1.807) is 12.1 Å². The number of hydrogen-bond donors (Lipinski definition) is 2. The lowest BCUT2D eigenvalue weighted by atomic mass is 10.0. The van der Waals surface area contributed by atoms with Crippen molar-refractivity contribution in [3.63, 3.8) is 0 Å². The van der Waals surface area contributed by atoms with Crippen LogP contribution >= 0.6 is 0 Å². The Hall–Kier alpha value is -3.04. The molecule has 1 aliphatic heterocycles. The van der Waals surface area contributed by atoms with Crippen molar-refractivity contribution in [3.05, 3.63) is 53.6 Å². The van der Waals surface area contributed by atoms with Crippen LogP contribution in [0.2, 0.25) is 0 Å². The van der Waals surface area contributed by atoms with E-state index in [1.807, 2.05) is 24.3 Å². The highest BCUT2D eigenvalue weighted by Crippen LogP contribution is 2.33. The number of aliphatic carboxylic acids is 1. The zero-order chi connectivity index (χ0) is 20.6. The van der Waals surface area contributed by atoms with Gasteiger partial charge in [-0.1, -0.05) is 6.07 Å². The van der Waals surface area contributed by atoms with Gasteiger partial charge in [-0.2, -0.15) is 5.26 Å². The van der Waals surface area contributed by atoms with E-state index in [2.05, 4.69) is 29.3 Å². The van der Waals surface area contributed by atoms with E-state index >= 15 is 0 Å². The summed E-state index contributed by atoms with van der Waals surface area (Å²) >= 11 is 0. The molecule has 152 valence electrons. The summed E-state index contributed by atoms with van der Waals surface area (Å²) in [5.41, 5.74) is 4.54. The average molecular weight is 393 g/mol. The van der Waals surface area contributed by atoms with Crippen molar-refractivity contribution >= 4 is 23.0 Å². The van der Waals surface area contributed by atoms with Crippen LogP contribution in [0.25, 0.3) is 0 Å². The van der Waals surface area contributed by atoms with Crippen LogP contribution in [-0.2, 0) is 16.0 Å². The Morgan fingerprint density at radius 3 is 2.59 bits per heavy atom. The number of carbonyl (C=O) groups is 1. The number of hydrogen-bond acceptors (Lipinski definition) is 5. The number of nitrogens with zero attached hydrogens (tertiary/aromatic N) is 2. The third-order valence-corrected chi connectivity index (χ3v) is 5.26. The molecule has 0 bridgehead atoms. The van der Waals surface area contributed by atoms with Gasteiger partial charge in [-0.05, 0) is 68.1 Å². The number of carboxylic acid groups (broad SMARTS) is 1. The number of nitriles is 1. The fourth-order valence-corrected chi connectivity index (χ4v) is 3.75. The molecule has 0 radical (unpaired) electrons. The fraction of sp³-hybridized carbons (Fsp3) is 0.391. The first kappa shape index (κ1) is 20.7. The number of anilines is 3. The molecule has 1 saturated heterocycles. The number of rotatable bonds is 8. The summed E-state index contributed by atoms with van der Waals surface area (Å²) in [4.78, 5) is 13.4. The molecule has 2 aromatic rings. The van der Waals surface area contributed by atoms with Gasteiger partial charge in [0.05, 0.1) is 23.0 Å². The molecule has 1 aliphatic rings. The molecule has 0 atom stereocenters. The van der Waals surface area contributed by atoms with E-state index < -0.39 is 5.97 Å². The second-order valence-electron chi connectivity index (χ2n) is 7.19. The largest absolute Gasteiger partial charge is 0.481 e. The van der Waals surface area contributed by atoms with Crippen LogP contribution in [0.4, 0.5) is 17.1 Å². The lowest BCUT2D eigenvalue weighted by molar-refractivity contribution is -0.136. The van der Waals surface area contributed by atoms with Crippen LogP contribution in [0.1, 0.15) is 37.3 Å². The molecule has 29 heavy (non-hydrogen) atoms. The molecule has 0 spiro atoms. The summed E-state index contributed by atoms with van der Waals surface area (Å²) < 4.78 is 5.53. The van der Waals surface area contributed by atoms with Gasteiger partial charge in [-0.25, -0.2) is 0 Å². The molecular formula is C23H27N3O3. The Morgan fingerprint density at radius 2 is 1.97 bits per heavy atom. The highest BCUT2D eigenvalue weighted by atomic mass is 16.5. The van der Waals surface area contributed by atoms with E-state index in [9.17, 15) is 4.79 Å². The molecular weight excluding hydrogens is 366 g/mol. The van der Waals surface area contributed by atoms with Crippen molar-refractivity contribution in [3.8, 4) is 6.07 Å². The summed E-state index contributed by atoms with van der Waals surface area (Å²) in [6.45, 7) is 4.58. The standard InChI is InChI=1S/C23H27N3O3/c1-2-26(20-11-13-29-14-12-20)22-9-5-17(6-10-23(27)28)15-21(22)25-19-7-3-18(16-24)4-8-19/h3-5,7-9,15,20,25H,2,6,10-14H2,1H3,(H,27,28). The summed E-state index contributed by atoms with van der Waals surface area (Å²) in [7, 11) is 0. The summed E-state index contributed by atoms with van der Waals surface area (Å²) in [5.74, 6) is -0.798. The van der Waals surface area contributed by atoms with Gasteiger partial charge >= 0.3 is 5.97 Å². The van der Waals surface area contributed by atoms with E-state index in [4.69, 9.17) is 15.1 Å². The third-order valence-electron chi connectivity index (χ3n) is 5.26. The highest BCUT2D eigenvalue weighted by Gasteiger charge is 2.23. The first-order valence-corrected chi connectivity index (χ1v) is 10.1. The van der Waals surface area contributed by atoms with Crippen LogP contribution in [0.3, 0.4) is 0 Å². The number of carboxylic acids is 1. The minimum absolute atomic E-state index is 0.104. The molecule has 2 N–H and O–H groups in total. The number of benzene rings is 2. The third kappa shape index (κ3) is 5.49. The van der Waals surface area contributed by atoms with Gasteiger partial charge in [0, 0.05) is 37.9 Å². The molecule has 3 rings (SSSR count). The second-order valence-corrected chi connectivity index (χ2v) is 7.19. The Balaban J connectivity index is 1.92. The molecule has 0 aromatic heterocycles. The van der Waals surface area contributed by atoms with Crippen molar-refractivity contribution in [2.45, 2.75) is 38.6 Å². The van der Waals surface area contributed by atoms with Crippen LogP contribution < -0.4 is 10.2 Å². The Bertz CT molecular complexity index is 868. The number of nitrogens with one attached hydrogen (secondary N) is 1. The second kappa shape index (κ2) is 9.94. The van der Waals surface area contributed by atoms with Gasteiger partial charge in [0.15, 0.2) is 0 Å². The Kier molecular flexibility index (Phi) is 7.09. The van der Waals surface area contributed by atoms with Crippen LogP contribution in [0, 0.1) is 11.3 Å². The average Bonchev–Trinajstić information content (AvgIpc) is 2.75. The van der Waals surface area contributed by atoms with E-state index in [0.717, 1.165) is 55.2 Å². The monoisotopic (exact) mass is 393 g/mol. The molecule has 0 saturated carbocycles. The predicted molar refractivity (Wildman–Crippen MR) is 114 cm³/mol. The van der Waals surface area contributed by atoms with Gasteiger partial charge in [0.1, 0.15) is 0 Å². The van der Waals surface area contributed by atoms with Gasteiger partial charge in [-0.3, -0.25) is 4.79 Å². The summed E-state index contributed by atoms with van der Waals surface area (Å²) in [5, 5.41) is 21.5. The predicted octanol–water partition coefficient (Wildman–Crippen LogP) is 4.32. The lowest BCUT2D eigenvalue weighted by Crippen LogP contribution is -2.39. The quantitative estimate of drug-likeness (QED) is 0.694. The molecule has 1 heterocycles. The smallest absolute Gasteiger partial charge is 0.303 e. The van der Waals surface area contributed by atoms with Crippen molar-refractivity contribution in [2.24, 2.45) is 0 Å². The van der Waals surface area contributed by atoms with E-state index in [1.165, 1.54) is 0 Å². The van der Waals surface area contributed by atoms with Crippen LogP contribution in [0.15, 0.2) is 42.5 Å². The highest BCUT2D eigenvalue weighted by molar-refractivity contribution is 5.77. The van der Waals surface area contributed by atoms with Gasteiger partial charge in [0.2, 0.25) is 0 Å².